The van der Waals surface area contributed by atoms with E-state index in [0.717, 1.165) is 10.8 Å². The quantitative estimate of drug-likeness (QED) is 0.499. The summed E-state index contributed by atoms with van der Waals surface area (Å²) in [5.41, 5.74) is 0. The molecule has 0 atom stereocenters. The van der Waals surface area contributed by atoms with Gasteiger partial charge in [-0.3, -0.25) is 0 Å². The number of fused-ring (bicyclic) bond motifs is 2. The molecule has 6 heteroatoms. The fourth-order valence-corrected chi connectivity index (χ4v) is 6.56. The first kappa shape index (κ1) is 16.8. The molecule has 0 N–H and O–H groups in total. The van der Waals surface area contributed by atoms with Crippen molar-refractivity contribution in [2.24, 2.45) is 0 Å². The largest absolute Gasteiger partial charge is 0.286 e. The van der Waals surface area contributed by atoms with Gasteiger partial charge < -0.3 is 0 Å². The Morgan fingerprint density at radius 3 is 1.15 bits per heavy atom. The van der Waals surface area contributed by atoms with Crippen molar-refractivity contribution in [1.29, 1.82) is 0 Å². The Morgan fingerprint density at radius 2 is 0.769 bits per heavy atom. The van der Waals surface area contributed by atoms with E-state index in [1.807, 2.05) is 24.3 Å². The molecular formula is C20H14O4S2. The van der Waals surface area contributed by atoms with E-state index in [2.05, 4.69) is 0 Å². The summed E-state index contributed by atoms with van der Waals surface area (Å²) in [6.07, 6.45) is 0. The summed E-state index contributed by atoms with van der Waals surface area (Å²) in [6, 6.07) is 23.0. The highest BCUT2D eigenvalue weighted by molar-refractivity contribution is 8.67. The van der Waals surface area contributed by atoms with Gasteiger partial charge in [-0.1, -0.05) is 60.7 Å². The maximum Gasteiger partial charge on any atom is 0.286 e. The summed E-state index contributed by atoms with van der Waals surface area (Å²) in [6.45, 7) is 0. The maximum atomic E-state index is 12.8. The van der Waals surface area contributed by atoms with E-state index in [9.17, 15) is 16.8 Å². The fraction of sp³-hybridized carbons (Fsp3) is 0. The van der Waals surface area contributed by atoms with Crippen molar-refractivity contribution in [3.05, 3.63) is 84.9 Å². The van der Waals surface area contributed by atoms with Gasteiger partial charge in [0.05, 0.1) is 9.79 Å². The molecule has 0 bridgehead atoms. The highest BCUT2D eigenvalue weighted by atomic mass is 33.2. The van der Waals surface area contributed by atoms with Crippen LogP contribution in [0.1, 0.15) is 0 Å². The highest BCUT2D eigenvalue weighted by Crippen LogP contribution is 2.29. The van der Waals surface area contributed by atoms with Gasteiger partial charge in [-0.15, -0.1) is 0 Å². The summed E-state index contributed by atoms with van der Waals surface area (Å²) >= 11 is 0. The minimum Gasteiger partial charge on any atom is -0.207 e. The summed E-state index contributed by atoms with van der Waals surface area (Å²) in [5, 5.41) is 3.02. The van der Waals surface area contributed by atoms with Crippen LogP contribution in [0.5, 0.6) is 0 Å². The number of benzene rings is 4. The Labute approximate surface area is 151 Å². The third-order valence-electron chi connectivity index (χ3n) is 4.31. The van der Waals surface area contributed by atoms with Crippen LogP contribution in [0.4, 0.5) is 0 Å². The van der Waals surface area contributed by atoms with Gasteiger partial charge in [-0.2, -0.15) is 0 Å². The lowest BCUT2D eigenvalue weighted by molar-refractivity contribution is 0.583. The lowest BCUT2D eigenvalue weighted by Gasteiger charge is -2.08. The van der Waals surface area contributed by atoms with Crippen LogP contribution in [0.2, 0.25) is 0 Å². The van der Waals surface area contributed by atoms with Crippen molar-refractivity contribution in [1.82, 2.24) is 0 Å². The molecule has 0 aliphatic heterocycles. The minimum atomic E-state index is -4.58. The zero-order valence-electron chi connectivity index (χ0n) is 13.5. The first-order valence-corrected chi connectivity index (χ1v) is 11.4. The van der Waals surface area contributed by atoms with Crippen molar-refractivity contribution in [2.75, 3.05) is 0 Å². The Balaban J connectivity index is 1.89. The molecule has 4 aromatic carbocycles. The molecule has 26 heavy (non-hydrogen) atoms. The molecule has 0 radical (unpaired) electrons. The van der Waals surface area contributed by atoms with Crippen molar-refractivity contribution in [3.63, 3.8) is 0 Å². The van der Waals surface area contributed by atoms with Crippen LogP contribution in [0, 0.1) is 0 Å². The highest BCUT2D eigenvalue weighted by Gasteiger charge is 2.34. The monoisotopic (exact) mass is 382 g/mol. The molecule has 0 aliphatic rings. The second-order valence-electron chi connectivity index (χ2n) is 5.93. The van der Waals surface area contributed by atoms with Crippen molar-refractivity contribution >= 4 is 39.3 Å². The first-order valence-electron chi connectivity index (χ1n) is 7.87. The van der Waals surface area contributed by atoms with Gasteiger partial charge in [-0.25, -0.2) is 16.8 Å². The predicted molar refractivity (Wildman–Crippen MR) is 102 cm³/mol. The van der Waals surface area contributed by atoms with E-state index in [0.29, 0.717) is 10.8 Å². The van der Waals surface area contributed by atoms with Crippen LogP contribution in [0.25, 0.3) is 21.5 Å². The fourth-order valence-electron chi connectivity index (χ4n) is 2.90. The number of hydrogen-bond acceptors (Lipinski definition) is 4. The molecule has 0 unspecified atom stereocenters. The van der Waals surface area contributed by atoms with Gasteiger partial charge in [0.2, 0.25) is 0 Å². The minimum absolute atomic E-state index is 0.232. The molecular weight excluding hydrogens is 368 g/mol. The van der Waals surface area contributed by atoms with Crippen molar-refractivity contribution in [2.45, 2.75) is 9.79 Å². The second kappa shape index (κ2) is 5.93. The molecule has 4 rings (SSSR count). The Hall–Kier alpha value is -2.70. The smallest absolute Gasteiger partial charge is 0.207 e. The van der Waals surface area contributed by atoms with E-state index >= 15 is 0 Å². The summed E-state index contributed by atoms with van der Waals surface area (Å²) in [7, 11) is -9.16. The summed E-state index contributed by atoms with van der Waals surface area (Å²) < 4.78 is 51.4. The van der Waals surface area contributed by atoms with Gasteiger partial charge in [0.1, 0.15) is 0 Å². The Kier molecular flexibility index (Phi) is 3.82. The molecule has 130 valence electrons. The lowest BCUT2D eigenvalue weighted by atomic mass is 10.1. The van der Waals surface area contributed by atoms with Crippen LogP contribution in [0.3, 0.4) is 0 Å². The van der Waals surface area contributed by atoms with Gasteiger partial charge in [-0.05, 0) is 45.8 Å². The lowest BCUT2D eigenvalue weighted by Crippen LogP contribution is -2.16. The van der Waals surface area contributed by atoms with E-state index in [4.69, 9.17) is 0 Å². The van der Waals surface area contributed by atoms with Gasteiger partial charge in [0, 0.05) is 0 Å². The third kappa shape index (κ3) is 2.58. The van der Waals surface area contributed by atoms with Crippen LogP contribution >= 0.6 is 0 Å². The summed E-state index contributed by atoms with van der Waals surface area (Å²) in [4.78, 5) is -0.464. The predicted octanol–water partition coefficient (Wildman–Crippen LogP) is 4.16. The van der Waals surface area contributed by atoms with E-state index in [1.165, 1.54) is 24.3 Å². The topological polar surface area (TPSA) is 68.3 Å². The number of hydrogen-bond donors (Lipinski definition) is 0. The molecule has 0 aliphatic carbocycles. The molecule has 0 fully saturated rings. The third-order valence-corrected chi connectivity index (χ3v) is 9.44. The standard InChI is InChI=1S/C20H14O4S2/c21-25(22,19-11-9-15-5-1-3-7-17(15)13-19)26(23,24)20-12-10-16-6-2-4-8-18(16)14-20/h1-14H. The maximum absolute atomic E-state index is 12.8. The van der Waals surface area contributed by atoms with Crippen LogP contribution in [-0.2, 0) is 17.7 Å². The zero-order valence-corrected chi connectivity index (χ0v) is 15.2. The van der Waals surface area contributed by atoms with Crippen LogP contribution in [-0.4, -0.2) is 16.8 Å². The van der Waals surface area contributed by atoms with E-state index < -0.39 is 17.7 Å². The normalized spacial score (nSPS) is 12.5. The molecule has 0 saturated carbocycles. The molecule has 0 saturated heterocycles. The van der Waals surface area contributed by atoms with Gasteiger partial charge >= 0.3 is 0 Å². The average molecular weight is 382 g/mol. The Morgan fingerprint density at radius 1 is 0.423 bits per heavy atom. The molecule has 4 aromatic rings. The molecule has 0 heterocycles. The Bertz CT molecular complexity index is 1250. The summed E-state index contributed by atoms with van der Waals surface area (Å²) in [5.74, 6) is 0. The average Bonchev–Trinajstić information content (AvgIpc) is 2.67. The van der Waals surface area contributed by atoms with Crippen molar-refractivity contribution < 1.29 is 16.8 Å². The number of rotatable bonds is 3. The van der Waals surface area contributed by atoms with E-state index in [-0.39, 0.29) is 9.79 Å². The van der Waals surface area contributed by atoms with Gasteiger partial charge in [0.25, 0.3) is 17.7 Å². The van der Waals surface area contributed by atoms with Crippen LogP contribution < -0.4 is 0 Å². The molecule has 0 aromatic heterocycles. The van der Waals surface area contributed by atoms with Gasteiger partial charge in [0.15, 0.2) is 0 Å². The molecule has 0 amide bonds. The van der Waals surface area contributed by atoms with E-state index in [1.54, 1.807) is 36.4 Å². The van der Waals surface area contributed by atoms with Crippen LogP contribution in [0.15, 0.2) is 94.7 Å². The first-order chi connectivity index (χ1) is 12.4. The zero-order chi connectivity index (χ0) is 18.4. The molecule has 0 spiro atoms. The SMILES string of the molecule is O=S(=O)(c1ccc2ccccc2c1)S(=O)(=O)c1ccc2ccccc2c1. The second-order valence-corrected chi connectivity index (χ2v) is 11.3. The molecule has 4 nitrogen and oxygen atoms in total. The van der Waals surface area contributed by atoms with Crippen molar-refractivity contribution in [3.8, 4) is 0 Å².